The molecule has 1 aromatic heterocycles. The SMILES string of the molecule is Cc1ccc(N(C(=O)CNC(=O)c2cccs2)[C@@H](C(=O)NC(C)(C)C)c2ccccc2)cc1. The van der Waals surface area contributed by atoms with Gasteiger partial charge in [-0.1, -0.05) is 54.1 Å². The minimum atomic E-state index is -0.903. The Hall–Kier alpha value is -3.45. The predicted octanol–water partition coefficient (Wildman–Crippen LogP) is 4.48. The van der Waals surface area contributed by atoms with Gasteiger partial charge < -0.3 is 10.6 Å². The van der Waals surface area contributed by atoms with E-state index in [1.54, 1.807) is 17.5 Å². The Morgan fingerprint density at radius 1 is 0.939 bits per heavy atom. The standard InChI is InChI=1S/C26H29N3O3S/c1-18-12-14-20(15-13-18)29(22(30)17-27-24(31)21-11-8-16-33-21)23(19-9-6-5-7-10-19)25(32)28-26(2,3)4/h5-16,23H,17H2,1-4H3,(H,27,31)(H,28,32)/t23-/m1/s1. The van der Waals surface area contributed by atoms with E-state index >= 15 is 0 Å². The second kappa shape index (κ2) is 10.4. The van der Waals surface area contributed by atoms with Gasteiger partial charge >= 0.3 is 0 Å². The van der Waals surface area contributed by atoms with Gasteiger partial charge in [0.1, 0.15) is 6.04 Å². The van der Waals surface area contributed by atoms with E-state index in [4.69, 9.17) is 0 Å². The number of hydrogen-bond acceptors (Lipinski definition) is 4. The summed E-state index contributed by atoms with van der Waals surface area (Å²) in [6.07, 6.45) is 0. The normalized spacial score (nSPS) is 12.0. The molecule has 3 rings (SSSR count). The van der Waals surface area contributed by atoms with Gasteiger partial charge in [-0.3, -0.25) is 19.3 Å². The Labute approximate surface area is 198 Å². The van der Waals surface area contributed by atoms with Gasteiger partial charge in [0.05, 0.1) is 11.4 Å². The molecule has 7 heteroatoms. The van der Waals surface area contributed by atoms with Crippen LogP contribution in [0.4, 0.5) is 5.69 Å². The Morgan fingerprint density at radius 3 is 2.18 bits per heavy atom. The number of nitrogens with zero attached hydrogens (tertiary/aromatic N) is 1. The van der Waals surface area contributed by atoms with Crippen LogP contribution in [0.5, 0.6) is 0 Å². The highest BCUT2D eigenvalue weighted by Gasteiger charge is 2.34. The van der Waals surface area contributed by atoms with Crippen molar-refractivity contribution in [1.82, 2.24) is 10.6 Å². The van der Waals surface area contributed by atoms with E-state index in [0.29, 0.717) is 16.1 Å². The highest BCUT2D eigenvalue weighted by molar-refractivity contribution is 7.12. The van der Waals surface area contributed by atoms with Crippen LogP contribution in [-0.2, 0) is 9.59 Å². The van der Waals surface area contributed by atoms with E-state index in [9.17, 15) is 14.4 Å². The van der Waals surface area contributed by atoms with Gasteiger partial charge in [-0.15, -0.1) is 11.3 Å². The summed E-state index contributed by atoms with van der Waals surface area (Å²) in [6, 6.07) is 19.2. The summed E-state index contributed by atoms with van der Waals surface area (Å²) in [5, 5.41) is 7.49. The quantitative estimate of drug-likeness (QED) is 0.542. The van der Waals surface area contributed by atoms with E-state index < -0.39 is 11.6 Å². The molecule has 0 radical (unpaired) electrons. The fourth-order valence-electron chi connectivity index (χ4n) is 3.37. The maximum atomic E-state index is 13.5. The van der Waals surface area contributed by atoms with Gasteiger partial charge in [0.2, 0.25) is 11.8 Å². The Kier molecular flexibility index (Phi) is 7.66. The summed E-state index contributed by atoms with van der Waals surface area (Å²) in [5.41, 5.74) is 1.80. The molecule has 0 spiro atoms. The van der Waals surface area contributed by atoms with Crippen molar-refractivity contribution in [3.63, 3.8) is 0 Å². The van der Waals surface area contributed by atoms with E-state index in [1.165, 1.54) is 16.2 Å². The van der Waals surface area contributed by atoms with Crippen molar-refractivity contribution in [2.75, 3.05) is 11.4 Å². The Morgan fingerprint density at radius 2 is 1.61 bits per heavy atom. The minimum absolute atomic E-state index is 0.239. The number of nitrogens with one attached hydrogen (secondary N) is 2. The number of carbonyl (C=O) groups is 3. The zero-order valence-electron chi connectivity index (χ0n) is 19.3. The highest BCUT2D eigenvalue weighted by atomic mass is 32.1. The van der Waals surface area contributed by atoms with Gasteiger partial charge in [-0.2, -0.15) is 0 Å². The molecule has 0 aliphatic carbocycles. The van der Waals surface area contributed by atoms with Crippen molar-refractivity contribution in [3.05, 3.63) is 88.1 Å². The number of amides is 3. The molecule has 1 atom stereocenters. The number of anilines is 1. The molecule has 0 aliphatic heterocycles. The van der Waals surface area contributed by atoms with E-state index in [-0.39, 0.29) is 24.3 Å². The third kappa shape index (κ3) is 6.52. The summed E-state index contributed by atoms with van der Waals surface area (Å²) < 4.78 is 0. The summed E-state index contributed by atoms with van der Waals surface area (Å²) in [4.78, 5) is 41.4. The first-order valence-corrected chi connectivity index (χ1v) is 11.6. The summed E-state index contributed by atoms with van der Waals surface area (Å²) in [6.45, 7) is 7.40. The molecule has 0 saturated heterocycles. The molecule has 0 aliphatic rings. The van der Waals surface area contributed by atoms with Crippen LogP contribution in [0.25, 0.3) is 0 Å². The second-order valence-electron chi connectivity index (χ2n) is 8.81. The number of rotatable bonds is 7. The fraction of sp³-hybridized carbons (Fsp3) is 0.269. The summed E-state index contributed by atoms with van der Waals surface area (Å²) in [5.74, 6) is -1.01. The molecule has 3 aromatic rings. The van der Waals surface area contributed by atoms with Crippen molar-refractivity contribution >= 4 is 34.7 Å². The molecule has 0 saturated carbocycles. The number of hydrogen-bond donors (Lipinski definition) is 2. The lowest BCUT2D eigenvalue weighted by atomic mass is 10.0. The van der Waals surface area contributed by atoms with Crippen LogP contribution >= 0.6 is 11.3 Å². The van der Waals surface area contributed by atoms with Gasteiger partial charge in [0.25, 0.3) is 5.91 Å². The lowest BCUT2D eigenvalue weighted by Crippen LogP contribution is -2.51. The molecule has 3 amide bonds. The minimum Gasteiger partial charge on any atom is -0.349 e. The number of thiophene rings is 1. The number of carbonyl (C=O) groups excluding carboxylic acids is 3. The van der Waals surface area contributed by atoms with Crippen LogP contribution in [-0.4, -0.2) is 29.8 Å². The zero-order chi connectivity index (χ0) is 24.0. The molecule has 33 heavy (non-hydrogen) atoms. The number of benzene rings is 2. The third-order valence-corrected chi connectivity index (χ3v) is 5.71. The first-order valence-electron chi connectivity index (χ1n) is 10.7. The summed E-state index contributed by atoms with van der Waals surface area (Å²) >= 11 is 1.30. The van der Waals surface area contributed by atoms with E-state index in [2.05, 4.69) is 10.6 Å². The molecule has 2 aromatic carbocycles. The van der Waals surface area contributed by atoms with Gasteiger partial charge in [-0.05, 0) is 56.8 Å². The molecule has 172 valence electrons. The van der Waals surface area contributed by atoms with E-state index in [0.717, 1.165) is 5.56 Å². The average molecular weight is 464 g/mol. The Balaban J connectivity index is 1.98. The van der Waals surface area contributed by atoms with Crippen molar-refractivity contribution in [3.8, 4) is 0 Å². The maximum Gasteiger partial charge on any atom is 0.261 e. The van der Waals surface area contributed by atoms with Gasteiger partial charge in [0, 0.05) is 11.2 Å². The lowest BCUT2D eigenvalue weighted by Gasteiger charge is -2.34. The smallest absolute Gasteiger partial charge is 0.261 e. The van der Waals surface area contributed by atoms with Crippen molar-refractivity contribution in [1.29, 1.82) is 0 Å². The largest absolute Gasteiger partial charge is 0.349 e. The first kappa shape index (κ1) is 24.2. The monoisotopic (exact) mass is 463 g/mol. The molecule has 0 bridgehead atoms. The molecular weight excluding hydrogens is 434 g/mol. The van der Waals surface area contributed by atoms with Crippen LogP contribution in [0.2, 0.25) is 0 Å². The molecular formula is C26H29N3O3S. The fourth-order valence-corrected chi connectivity index (χ4v) is 4.01. The maximum absolute atomic E-state index is 13.5. The molecule has 6 nitrogen and oxygen atoms in total. The Bertz CT molecular complexity index is 1090. The van der Waals surface area contributed by atoms with Crippen LogP contribution in [0.3, 0.4) is 0 Å². The molecule has 0 unspecified atom stereocenters. The molecule has 2 N–H and O–H groups in total. The van der Waals surface area contributed by atoms with Crippen LogP contribution in [0.1, 0.15) is 47.6 Å². The van der Waals surface area contributed by atoms with Crippen LogP contribution in [0, 0.1) is 6.92 Å². The van der Waals surface area contributed by atoms with E-state index in [1.807, 2.05) is 82.3 Å². The van der Waals surface area contributed by atoms with Crippen molar-refractivity contribution in [2.24, 2.45) is 0 Å². The highest BCUT2D eigenvalue weighted by Crippen LogP contribution is 2.29. The topological polar surface area (TPSA) is 78.5 Å². The first-order chi connectivity index (χ1) is 15.7. The lowest BCUT2D eigenvalue weighted by molar-refractivity contribution is -0.127. The predicted molar refractivity (Wildman–Crippen MR) is 132 cm³/mol. The zero-order valence-corrected chi connectivity index (χ0v) is 20.1. The van der Waals surface area contributed by atoms with Crippen LogP contribution in [0.15, 0.2) is 72.1 Å². The third-order valence-electron chi connectivity index (χ3n) is 4.85. The summed E-state index contributed by atoms with van der Waals surface area (Å²) in [7, 11) is 0. The second-order valence-corrected chi connectivity index (χ2v) is 9.76. The average Bonchev–Trinajstić information content (AvgIpc) is 3.31. The van der Waals surface area contributed by atoms with Gasteiger partial charge in [0.15, 0.2) is 0 Å². The van der Waals surface area contributed by atoms with Crippen molar-refractivity contribution < 1.29 is 14.4 Å². The molecule has 1 heterocycles. The van der Waals surface area contributed by atoms with Crippen molar-refractivity contribution in [2.45, 2.75) is 39.3 Å². The van der Waals surface area contributed by atoms with Crippen LogP contribution < -0.4 is 15.5 Å². The number of aryl methyl sites for hydroxylation is 1. The molecule has 0 fully saturated rings. The van der Waals surface area contributed by atoms with Gasteiger partial charge in [-0.25, -0.2) is 0 Å².